The largest absolute Gasteiger partial charge is 0.465 e. The highest BCUT2D eigenvalue weighted by molar-refractivity contribution is 6.30. The van der Waals surface area contributed by atoms with Gasteiger partial charge < -0.3 is 25.0 Å². The van der Waals surface area contributed by atoms with E-state index >= 15 is 0 Å². The standard InChI is InChI=1S/C23H26ClN3O5/c1-23(2,3)32-22(30)26-9-10-27(19-8-5-15(24)11-14(19)13-26)20(28)17-7-6-16(25)12-18(17)21(29)31-4/h5-8,11-12H,9-10,13,25H2,1-4H3. The van der Waals surface area contributed by atoms with Gasteiger partial charge in [0.2, 0.25) is 0 Å². The number of rotatable bonds is 2. The van der Waals surface area contributed by atoms with E-state index < -0.39 is 23.6 Å². The molecule has 1 aliphatic rings. The molecule has 0 aliphatic carbocycles. The fourth-order valence-corrected chi connectivity index (χ4v) is 3.63. The van der Waals surface area contributed by atoms with Crippen molar-refractivity contribution in [1.82, 2.24) is 4.90 Å². The van der Waals surface area contributed by atoms with Crippen molar-refractivity contribution in [3.05, 3.63) is 58.1 Å². The first-order valence-electron chi connectivity index (χ1n) is 10.1. The summed E-state index contributed by atoms with van der Waals surface area (Å²) in [6.45, 7) is 6.02. The van der Waals surface area contributed by atoms with Crippen LogP contribution in [0.4, 0.5) is 16.2 Å². The first-order chi connectivity index (χ1) is 15.0. The minimum absolute atomic E-state index is 0.0706. The molecule has 32 heavy (non-hydrogen) atoms. The number of ether oxygens (including phenoxy) is 2. The second-order valence-electron chi connectivity index (χ2n) is 8.43. The number of anilines is 2. The number of benzene rings is 2. The van der Waals surface area contributed by atoms with Crippen LogP contribution in [0.15, 0.2) is 36.4 Å². The normalized spacial score (nSPS) is 13.8. The molecule has 0 saturated carbocycles. The third-order valence-corrected chi connectivity index (χ3v) is 5.10. The zero-order valence-corrected chi connectivity index (χ0v) is 19.2. The average molecular weight is 460 g/mol. The third-order valence-electron chi connectivity index (χ3n) is 4.86. The number of nitrogens with zero attached hydrogens (tertiary/aromatic N) is 2. The van der Waals surface area contributed by atoms with Crippen LogP contribution in [0.25, 0.3) is 0 Å². The number of esters is 1. The van der Waals surface area contributed by atoms with Gasteiger partial charge in [0, 0.05) is 29.5 Å². The molecule has 3 rings (SSSR count). The number of hydrogen-bond acceptors (Lipinski definition) is 6. The van der Waals surface area contributed by atoms with Crippen molar-refractivity contribution < 1.29 is 23.9 Å². The summed E-state index contributed by atoms with van der Waals surface area (Å²) in [6.07, 6.45) is -0.486. The summed E-state index contributed by atoms with van der Waals surface area (Å²) >= 11 is 6.20. The van der Waals surface area contributed by atoms with Crippen LogP contribution in [-0.4, -0.2) is 48.7 Å². The third kappa shape index (κ3) is 5.13. The van der Waals surface area contributed by atoms with Gasteiger partial charge in [-0.25, -0.2) is 9.59 Å². The van der Waals surface area contributed by atoms with Crippen molar-refractivity contribution in [2.24, 2.45) is 0 Å². The molecule has 170 valence electrons. The van der Waals surface area contributed by atoms with Gasteiger partial charge in [-0.3, -0.25) is 4.79 Å². The number of carbonyl (C=O) groups is 3. The number of fused-ring (bicyclic) bond motifs is 1. The maximum atomic E-state index is 13.6. The Labute approximate surface area is 191 Å². The second-order valence-corrected chi connectivity index (χ2v) is 8.86. The Kier molecular flexibility index (Phi) is 6.64. The van der Waals surface area contributed by atoms with Crippen LogP contribution in [0.2, 0.25) is 5.02 Å². The molecule has 0 radical (unpaired) electrons. The molecule has 9 heteroatoms. The molecule has 2 amide bonds. The van der Waals surface area contributed by atoms with Crippen molar-refractivity contribution in [2.75, 3.05) is 30.8 Å². The number of hydrogen-bond donors (Lipinski definition) is 1. The highest BCUT2D eigenvalue weighted by atomic mass is 35.5. The van der Waals surface area contributed by atoms with E-state index in [1.54, 1.807) is 45.0 Å². The van der Waals surface area contributed by atoms with Gasteiger partial charge in [0.15, 0.2) is 0 Å². The summed E-state index contributed by atoms with van der Waals surface area (Å²) in [4.78, 5) is 41.6. The van der Waals surface area contributed by atoms with E-state index in [2.05, 4.69) is 0 Å². The SMILES string of the molecule is COC(=O)c1cc(N)ccc1C(=O)N1CCN(C(=O)OC(C)(C)C)Cc2cc(Cl)ccc21. The average Bonchev–Trinajstić information content (AvgIpc) is 2.90. The number of methoxy groups -OCH3 is 1. The molecule has 0 spiro atoms. The Balaban J connectivity index is 2.01. The van der Waals surface area contributed by atoms with E-state index in [4.69, 9.17) is 26.8 Å². The molecule has 0 saturated heterocycles. The Morgan fingerprint density at radius 2 is 1.75 bits per heavy atom. The minimum atomic E-state index is -0.665. The summed E-state index contributed by atoms with van der Waals surface area (Å²) in [5.41, 5.74) is 6.99. The van der Waals surface area contributed by atoms with Gasteiger partial charge >= 0.3 is 12.1 Å². The monoisotopic (exact) mass is 459 g/mol. The molecule has 2 aromatic carbocycles. The summed E-state index contributed by atoms with van der Waals surface area (Å²) in [6, 6.07) is 9.57. The molecule has 2 aromatic rings. The van der Waals surface area contributed by atoms with Crippen LogP contribution in [-0.2, 0) is 16.0 Å². The number of carbonyl (C=O) groups excluding carboxylic acids is 3. The highest BCUT2D eigenvalue weighted by Crippen LogP contribution is 2.31. The van der Waals surface area contributed by atoms with E-state index in [-0.39, 0.29) is 30.8 Å². The summed E-state index contributed by atoms with van der Waals surface area (Å²) in [5.74, 6) is -1.08. The quantitative estimate of drug-likeness (QED) is 0.535. The van der Waals surface area contributed by atoms with E-state index in [0.29, 0.717) is 22.0 Å². The molecule has 2 N–H and O–H groups in total. The van der Waals surface area contributed by atoms with Gasteiger partial charge in [0.05, 0.1) is 24.8 Å². The van der Waals surface area contributed by atoms with Gasteiger partial charge in [0.1, 0.15) is 5.60 Å². The van der Waals surface area contributed by atoms with Gasteiger partial charge in [-0.05, 0) is 62.7 Å². The van der Waals surface area contributed by atoms with E-state index in [9.17, 15) is 14.4 Å². The van der Waals surface area contributed by atoms with Gasteiger partial charge in [-0.2, -0.15) is 0 Å². The maximum absolute atomic E-state index is 13.6. The first kappa shape index (κ1) is 23.4. The van der Waals surface area contributed by atoms with Crippen LogP contribution >= 0.6 is 11.6 Å². The maximum Gasteiger partial charge on any atom is 0.410 e. The topological polar surface area (TPSA) is 102 Å². The molecule has 0 unspecified atom stereocenters. The number of amides is 2. The van der Waals surface area contributed by atoms with E-state index in [1.165, 1.54) is 29.0 Å². The number of nitrogens with two attached hydrogens (primary N) is 1. The number of nitrogen functional groups attached to an aromatic ring is 1. The lowest BCUT2D eigenvalue weighted by Crippen LogP contribution is -2.40. The summed E-state index contributed by atoms with van der Waals surface area (Å²) < 4.78 is 10.3. The molecule has 1 heterocycles. The molecule has 0 bridgehead atoms. The fourth-order valence-electron chi connectivity index (χ4n) is 3.44. The Morgan fingerprint density at radius 1 is 1.03 bits per heavy atom. The Morgan fingerprint density at radius 3 is 2.41 bits per heavy atom. The molecule has 8 nitrogen and oxygen atoms in total. The van der Waals surface area contributed by atoms with Gasteiger partial charge in [-0.1, -0.05) is 11.6 Å². The first-order valence-corrected chi connectivity index (χ1v) is 10.4. The van der Waals surface area contributed by atoms with Crippen LogP contribution in [0.1, 0.15) is 47.1 Å². The molecule has 1 aliphatic heterocycles. The van der Waals surface area contributed by atoms with Gasteiger partial charge in [0.25, 0.3) is 5.91 Å². The van der Waals surface area contributed by atoms with Crippen LogP contribution in [0.5, 0.6) is 0 Å². The lowest BCUT2D eigenvalue weighted by molar-refractivity contribution is 0.0242. The van der Waals surface area contributed by atoms with Crippen LogP contribution in [0.3, 0.4) is 0 Å². The summed E-state index contributed by atoms with van der Waals surface area (Å²) in [5, 5.41) is 0.477. The van der Waals surface area contributed by atoms with Crippen molar-refractivity contribution in [2.45, 2.75) is 32.9 Å². The Bertz CT molecular complexity index is 1060. The van der Waals surface area contributed by atoms with E-state index in [1.807, 2.05) is 0 Å². The lowest BCUT2D eigenvalue weighted by Gasteiger charge is -2.26. The second kappa shape index (κ2) is 9.08. The molecule has 0 fully saturated rings. The zero-order valence-electron chi connectivity index (χ0n) is 18.5. The lowest BCUT2D eigenvalue weighted by atomic mass is 10.0. The number of halogens is 1. The van der Waals surface area contributed by atoms with E-state index in [0.717, 1.165) is 0 Å². The smallest absolute Gasteiger partial charge is 0.410 e. The molecular formula is C23H26ClN3O5. The van der Waals surface area contributed by atoms with Crippen molar-refractivity contribution in [3.63, 3.8) is 0 Å². The van der Waals surface area contributed by atoms with Gasteiger partial charge in [-0.15, -0.1) is 0 Å². The van der Waals surface area contributed by atoms with Crippen molar-refractivity contribution in [3.8, 4) is 0 Å². The molecular weight excluding hydrogens is 434 g/mol. The predicted molar refractivity (Wildman–Crippen MR) is 122 cm³/mol. The Hall–Kier alpha value is -3.26. The zero-order chi connectivity index (χ0) is 23.6. The molecule has 0 atom stereocenters. The van der Waals surface area contributed by atoms with Crippen molar-refractivity contribution >= 4 is 40.9 Å². The van der Waals surface area contributed by atoms with Crippen LogP contribution in [0, 0.1) is 0 Å². The molecule has 0 aromatic heterocycles. The van der Waals surface area contributed by atoms with Crippen molar-refractivity contribution in [1.29, 1.82) is 0 Å². The highest BCUT2D eigenvalue weighted by Gasteiger charge is 2.31. The van der Waals surface area contributed by atoms with Crippen LogP contribution < -0.4 is 10.6 Å². The summed E-state index contributed by atoms with van der Waals surface area (Å²) in [7, 11) is 1.24. The predicted octanol–water partition coefficient (Wildman–Crippen LogP) is 4.11. The minimum Gasteiger partial charge on any atom is -0.465 e. The fraction of sp³-hybridized carbons (Fsp3) is 0.348.